The number of carbonyl (C=O) groups excluding carboxylic acids is 5. The van der Waals surface area contributed by atoms with E-state index in [1.807, 2.05) is 0 Å². The molecule has 0 aliphatic rings. The molecular formula is C19H32N6O9. The van der Waals surface area contributed by atoms with Crippen molar-refractivity contribution in [3.8, 4) is 0 Å². The Morgan fingerprint density at radius 3 is 1.65 bits per heavy atom. The third kappa shape index (κ3) is 12.3. The minimum Gasteiger partial charge on any atom is -0.481 e. The molecule has 0 fully saturated rings. The van der Waals surface area contributed by atoms with Gasteiger partial charge in [0.05, 0.1) is 18.9 Å². The topological polar surface area (TPSA) is 274 Å². The van der Waals surface area contributed by atoms with Crippen molar-refractivity contribution in [1.29, 1.82) is 0 Å². The van der Waals surface area contributed by atoms with E-state index < -0.39 is 91.3 Å². The number of aliphatic carboxylic acids is 2. The zero-order valence-electron chi connectivity index (χ0n) is 18.9. The summed E-state index contributed by atoms with van der Waals surface area (Å²) in [5.74, 6) is -7.67. The minimum absolute atomic E-state index is 0.0629. The number of hydrogen-bond acceptors (Lipinski definition) is 8. The van der Waals surface area contributed by atoms with Crippen LogP contribution in [0.1, 0.15) is 46.0 Å². The third-order valence-corrected chi connectivity index (χ3v) is 4.40. The number of rotatable bonds is 16. The van der Waals surface area contributed by atoms with Crippen molar-refractivity contribution < 1.29 is 43.8 Å². The molecule has 0 rings (SSSR count). The summed E-state index contributed by atoms with van der Waals surface area (Å²) in [5.41, 5.74) is 15.6. The molecule has 4 unspecified atom stereocenters. The summed E-state index contributed by atoms with van der Waals surface area (Å²) >= 11 is 0. The molecule has 0 saturated carbocycles. The second-order valence-corrected chi connectivity index (χ2v) is 8.03. The van der Waals surface area contributed by atoms with E-state index in [9.17, 15) is 38.7 Å². The summed E-state index contributed by atoms with van der Waals surface area (Å²) in [7, 11) is 0. The van der Waals surface area contributed by atoms with Gasteiger partial charge in [0, 0.05) is 6.42 Å². The molecule has 0 radical (unpaired) electrons. The van der Waals surface area contributed by atoms with E-state index in [-0.39, 0.29) is 12.3 Å². The Hall–Kier alpha value is -3.75. The number of nitrogens with two attached hydrogens (primary N) is 3. The number of carboxylic acid groups (broad SMARTS) is 2. The van der Waals surface area contributed by atoms with Crippen molar-refractivity contribution in [1.82, 2.24) is 16.0 Å². The first kappa shape index (κ1) is 30.2. The molecule has 34 heavy (non-hydrogen) atoms. The number of carbonyl (C=O) groups is 7. The molecule has 15 nitrogen and oxygen atoms in total. The second kappa shape index (κ2) is 14.4. The fourth-order valence-electron chi connectivity index (χ4n) is 2.77. The summed E-state index contributed by atoms with van der Waals surface area (Å²) in [6, 6.07) is -5.86. The van der Waals surface area contributed by atoms with E-state index in [0.29, 0.717) is 0 Å². The SMILES string of the molecule is CC(C)CC(NC(=O)C(CC(N)=O)NC(=O)C(CCC(=O)O)NC(=O)C(N)CC(N)=O)C(=O)O. The van der Waals surface area contributed by atoms with Crippen LogP contribution in [0.5, 0.6) is 0 Å². The van der Waals surface area contributed by atoms with E-state index in [0.717, 1.165) is 0 Å². The van der Waals surface area contributed by atoms with Crippen LogP contribution in [0.25, 0.3) is 0 Å². The zero-order valence-corrected chi connectivity index (χ0v) is 18.9. The maximum atomic E-state index is 12.7. The van der Waals surface area contributed by atoms with Gasteiger partial charge in [-0.1, -0.05) is 13.8 Å². The Morgan fingerprint density at radius 1 is 0.735 bits per heavy atom. The molecule has 0 aliphatic heterocycles. The van der Waals surface area contributed by atoms with Crippen molar-refractivity contribution in [3.63, 3.8) is 0 Å². The fraction of sp³-hybridized carbons (Fsp3) is 0.632. The van der Waals surface area contributed by atoms with E-state index in [4.69, 9.17) is 22.3 Å². The molecule has 15 heteroatoms. The summed E-state index contributed by atoms with van der Waals surface area (Å²) in [6.07, 6.45) is -2.17. The van der Waals surface area contributed by atoms with Crippen molar-refractivity contribution in [2.45, 2.75) is 70.1 Å². The maximum absolute atomic E-state index is 12.7. The number of amides is 5. The minimum atomic E-state index is -1.61. The first-order valence-corrected chi connectivity index (χ1v) is 10.3. The zero-order chi connectivity index (χ0) is 26.6. The molecule has 0 spiro atoms. The Kier molecular flexibility index (Phi) is 12.8. The number of hydrogen-bond donors (Lipinski definition) is 8. The monoisotopic (exact) mass is 488 g/mol. The molecule has 5 amide bonds. The largest absolute Gasteiger partial charge is 0.481 e. The van der Waals surface area contributed by atoms with Crippen LogP contribution in [0.2, 0.25) is 0 Å². The lowest BCUT2D eigenvalue weighted by Gasteiger charge is -2.24. The highest BCUT2D eigenvalue weighted by Gasteiger charge is 2.31. The Morgan fingerprint density at radius 2 is 1.21 bits per heavy atom. The van der Waals surface area contributed by atoms with E-state index >= 15 is 0 Å². The van der Waals surface area contributed by atoms with E-state index in [2.05, 4.69) is 16.0 Å². The van der Waals surface area contributed by atoms with Crippen LogP contribution in [-0.2, 0) is 33.6 Å². The highest BCUT2D eigenvalue weighted by molar-refractivity contribution is 5.96. The van der Waals surface area contributed by atoms with Gasteiger partial charge in [0.2, 0.25) is 29.5 Å². The highest BCUT2D eigenvalue weighted by atomic mass is 16.4. The lowest BCUT2D eigenvalue weighted by molar-refractivity contribution is -0.143. The smallest absolute Gasteiger partial charge is 0.326 e. The van der Waals surface area contributed by atoms with Crippen molar-refractivity contribution >= 4 is 41.5 Å². The Bertz CT molecular complexity index is 801. The summed E-state index contributed by atoms with van der Waals surface area (Å²) in [5, 5.41) is 24.8. The number of nitrogens with one attached hydrogen (secondary N) is 3. The molecule has 192 valence electrons. The van der Waals surface area contributed by atoms with Gasteiger partial charge in [0.15, 0.2) is 0 Å². The first-order chi connectivity index (χ1) is 15.6. The predicted octanol–water partition coefficient (Wildman–Crippen LogP) is -3.49. The summed E-state index contributed by atoms with van der Waals surface area (Å²) in [6.45, 7) is 3.45. The standard InChI is InChI=1S/C19H32N6O9/c1-8(2)5-12(19(33)34)25-18(32)11(7-14(22)27)24-17(31)10(3-4-15(28)29)23-16(30)9(20)6-13(21)26/h8-12H,3-7,20H2,1-2H3,(H2,21,26)(H2,22,27)(H,23,30)(H,24,31)(H,25,32)(H,28,29)(H,33,34). The molecule has 11 N–H and O–H groups in total. The summed E-state index contributed by atoms with van der Waals surface area (Å²) in [4.78, 5) is 82.2. The first-order valence-electron chi connectivity index (χ1n) is 10.3. The van der Waals surface area contributed by atoms with Crippen LogP contribution in [-0.4, -0.2) is 75.9 Å². The van der Waals surface area contributed by atoms with Crippen LogP contribution in [0.3, 0.4) is 0 Å². The van der Waals surface area contributed by atoms with Gasteiger partial charge in [0.1, 0.15) is 18.1 Å². The predicted molar refractivity (Wildman–Crippen MR) is 115 cm³/mol. The van der Waals surface area contributed by atoms with Gasteiger partial charge in [0.25, 0.3) is 0 Å². The van der Waals surface area contributed by atoms with Crippen LogP contribution >= 0.6 is 0 Å². The molecule has 0 bridgehead atoms. The van der Waals surface area contributed by atoms with Crippen molar-refractivity contribution in [2.75, 3.05) is 0 Å². The van der Waals surface area contributed by atoms with Gasteiger partial charge in [-0.3, -0.25) is 28.8 Å². The highest BCUT2D eigenvalue weighted by Crippen LogP contribution is 2.07. The summed E-state index contributed by atoms with van der Waals surface area (Å²) < 4.78 is 0. The quantitative estimate of drug-likeness (QED) is 0.106. The maximum Gasteiger partial charge on any atom is 0.326 e. The molecular weight excluding hydrogens is 456 g/mol. The second-order valence-electron chi connectivity index (χ2n) is 8.03. The molecule has 0 heterocycles. The van der Waals surface area contributed by atoms with Gasteiger partial charge in [-0.25, -0.2) is 4.79 Å². The molecule has 0 aromatic carbocycles. The lowest BCUT2D eigenvalue weighted by atomic mass is 10.0. The van der Waals surface area contributed by atoms with Crippen molar-refractivity contribution in [3.05, 3.63) is 0 Å². The fourth-order valence-corrected chi connectivity index (χ4v) is 2.77. The normalized spacial score (nSPS) is 14.2. The van der Waals surface area contributed by atoms with Gasteiger partial charge < -0.3 is 43.4 Å². The van der Waals surface area contributed by atoms with Crippen molar-refractivity contribution in [2.24, 2.45) is 23.1 Å². The molecule has 4 atom stereocenters. The number of primary amides is 2. The van der Waals surface area contributed by atoms with Crippen LogP contribution < -0.4 is 33.2 Å². The molecule has 0 aliphatic carbocycles. The molecule has 0 aromatic heterocycles. The molecule has 0 aromatic rings. The van der Waals surface area contributed by atoms with Crippen LogP contribution in [0.15, 0.2) is 0 Å². The van der Waals surface area contributed by atoms with E-state index in [1.54, 1.807) is 13.8 Å². The van der Waals surface area contributed by atoms with Crippen LogP contribution in [0.4, 0.5) is 0 Å². The Labute approximate surface area is 195 Å². The van der Waals surface area contributed by atoms with E-state index in [1.165, 1.54) is 0 Å². The van der Waals surface area contributed by atoms with Gasteiger partial charge in [-0.15, -0.1) is 0 Å². The van der Waals surface area contributed by atoms with Gasteiger partial charge in [-0.2, -0.15) is 0 Å². The Balaban J connectivity index is 5.60. The number of carboxylic acids is 2. The van der Waals surface area contributed by atoms with Crippen LogP contribution in [0, 0.1) is 5.92 Å². The average molecular weight is 488 g/mol. The van der Waals surface area contributed by atoms with Gasteiger partial charge >= 0.3 is 11.9 Å². The lowest BCUT2D eigenvalue weighted by Crippen LogP contribution is -2.58. The third-order valence-electron chi connectivity index (χ3n) is 4.40. The average Bonchev–Trinajstić information content (AvgIpc) is 2.68. The molecule has 0 saturated heterocycles. The van der Waals surface area contributed by atoms with Gasteiger partial charge in [-0.05, 0) is 18.8 Å².